The Balaban J connectivity index is 1.78. The van der Waals surface area contributed by atoms with E-state index in [0.29, 0.717) is 5.92 Å². The molecule has 1 N–H and O–H groups in total. The van der Waals surface area contributed by atoms with Gasteiger partial charge in [0, 0.05) is 10.6 Å². The van der Waals surface area contributed by atoms with Gasteiger partial charge in [-0.2, -0.15) is 0 Å². The van der Waals surface area contributed by atoms with Crippen molar-refractivity contribution < 1.29 is 4.79 Å². The van der Waals surface area contributed by atoms with Gasteiger partial charge in [0.05, 0.1) is 0 Å². The lowest BCUT2D eigenvalue weighted by Gasteiger charge is -2.17. The zero-order valence-electron chi connectivity index (χ0n) is 15.8. The molecule has 0 spiro atoms. The van der Waals surface area contributed by atoms with Gasteiger partial charge in [-0.15, -0.1) is 11.8 Å². The molecule has 0 aromatic heterocycles. The number of hydrogen-bond donors (Lipinski definition) is 1. The molecule has 0 fully saturated rings. The van der Waals surface area contributed by atoms with Gasteiger partial charge in [0.2, 0.25) is 5.91 Å². The summed E-state index contributed by atoms with van der Waals surface area (Å²) in [5.74, 6) is 0.520. The Kier molecular flexibility index (Phi) is 6.72. The van der Waals surface area contributed by atoms with Gasteiger partial charge >= 0.3 is 0 Å². The number of thioether (sulfide) groups is 1. The molecule has 3 heteroatoms. The molecule has 0 saturated carbocycles. The van der Waals surface area contributed by atoms with E-state index >= 15 is 0 Å². The zero-order chi connectivity index (χ0) is 19.1. The van der Waals surface area contributed by atoms with Crippen molar-refractivity contribution in [2.24, 2.45) is 0 Å². The number of amides is 1. The van der Waals surface area contributed by atoms with Crippen LogP contribution in [0.15, 0.2) is 89.8 Å². The van der Waals surface area contributed by atoms with Crippen molar-refractivity contribution in [2.75, 3.05) is 5.32 Å². The average Bonchev–Trinajstić information content (AvgIpc) is 2.73. The molecule has 0 radical (unpaired) electrons. The van der Waals surface area contributed by atoms with Crippen LogP contribution in [-0.4, -0.2) is 5.91 Å². The van der Waals surface area contributed by atoms with Crippen LogP contribution in [0.4, 0.5) is 5.69 Å². The number of rotatable bonds is 7. The summed E-state index contributed by atoms with van der Waals surface area (Å²) in [6, 6.07) is 28.2. The highest BCUT2D eigenvalue weighted by atomic mass is 32.2. The number of nitrogens with one attached hydrogen (secondary N) is 1. The van der Waals surface area contributed by atoms with Crippen LogP contribution >= 0.6 is 11.8 Å². The Bertz CT molecular complexity index is 847. The lowest BCUT2D eigenvalue weighted by Crippen LogP contribution is -2.19. The average molecular weight is 376 g/mol. The fraction of sp³-hybridized carbons (Fsp3) is 0.208. The van der Waals surface area contributed by atoms with E-state index in [-0.39, 0.29) is 11.2 Å². The highest BCUT2D eigenvalue weighted by molar-refractivity contribution is 8.00. The molecule has 0 aliphatic rings. The minimum atomic E-state index is -0.303. The monoisotopic (exact) mass is 375 g/mol. The van der Waals surface area contributed by atoms with Gasteiger partial charge < -0.3 is 5.32 Å². The molecule has 2 nitrogen and oxygen atoms in total. The van der Waals surface area contributed by atoms with Crippen molar-refractivity contribution in [3.05, 3.63) is 96.1 Å². The second kappa shape index (κ2) is 9.43. The van der Waals surface area contributed by atoms with Gasteiger partial charge in [-0.1, -0.05) is 74.5 Å². The summed E-state index contributed by atoms with van der Waals surface area (Å²) in [6.07, 6.45) is 1.11. The second-order valence-electron chi connectivity index (χ2n) is 6.64. The molecular weight excluding hydrogens is 350 g/mol. The van der Waals surface area contributed by atoms with Gasteiger partial charge in [0.25, 0.3) is 0 Å². The van der Waals surface area contributed by atoms with Crippen LogP contribution in [0.1, 0.15) is 42.6 Å². The molecule has 2 atom stereocenters. The molecule has 0 aliphatic heterocycles. The smallest absolute Gasteiger partial charge is 0.242 e. The zero-order valence-corrected chi connectivity index (χ0v) is 16.6. The topological polar surface area (TPSA) is 29.1 Å². The summed E-state index contributed by atoms with van der Waals surface area (Å²) >= 11 is 1.57. The second-order valence-corrected chi connectivity index (χ2v) is 7.82. The Hall–Kier alpha value is -2.52. The summed E-state index contributed by atoms with van der Waals surface area (Å²) < 4.78 is 0. The fourth-order valence-electron chi connectivity index (χ4n) is 2.87. The highest BCUT2D eigenvalue weighted by Crippen LogP contribution is 2.36. The number of anilines is 1. The molecule has 0 bridgehead atoms. The van der Waals surface area contributed by atoms with Crippen molar-refractivity contribution in [3.63, 3.8) is 0 Å². The quantitative estimate of drug-likeness (QED) is 0.467. The summed E-state index contributed by atoms with van der Waals surface area (Å²) in [4.78, 5) is 14.1. The van der Waals surface area contributed by atoms with E-state index in [1.54, 1.807) is 11.8 Å². The van der Waals surface area contributed by atoms with Gasteiger partial charge in [-0.3, -0.25) is 4.79 Å². The fourth-order valence-corrected chi connectivity index (χ4v) is 3.92. The van der Waals surface area contributed by atoms with Gasteiger partial charge in [-0.25, -0.2) is 0 Å². The number of carbonyl (C=O) groups excluding carboxylic acids is 1. The van der Waals surface area contributed by atoms with Crippen LogP contribution < -0.4 is 5.32 Å². The van der Waals surface area contributed by atoms with Crippen molar-refractivity contribution in [2.45, 2.75) is 36.3 Å². The maximum Gasteiger partial charge on any atom is 0.242 e. The number of hydrogen-bond acceptors (Lipinski definition) is 2. The Labute approximate surface area is 166 Å². The van der Waals surface area contributed by atoms with E-state index in [4.69, 9.17) is 0 Å². The summed E-state index contributed by atoms with van der Waals surface area (Å²) in [6.45, 7) is 4.40. The van der Waals surface area contributed by atoms with Crippen LogP contribution in [0.3, 0.4) is 0 Å². The van der Waals surface area contributed by atoms with Crippen molar-refractivity contribution in [1.29, 1.82) is 0 Å². The lowest BCUT2D eigenvalue weighted by atomic mass is 9.98. The Morgan fingerprint density at radius 3 is 2.04 bits per heavy atom. The van der Waals surface area contributed by atoms with Crippen molar-refractivity contribution >= 4 is 23.4 Å². The third-order valence-corrected chi connectivity index (χ3v) is 5.96. The van der Waals surface area contributed by atoms with Crippen LogP contribution in [-0.2, 0) is 4.79 Å². The van der Waals surface area contributed by atoms with Crippen molar-refractivity contribution in [1.82, 2.24) is 0 Å². The molecule has 0 aliphatic carbocycles. The summed E-state index contributed by atoms with van der Waals surface area (Å²) in [5.41, 5.74) is 3.13. The molecule has 0 unspecified atom stereocenters. The molecular formula is C24H25NOS. The van der Waals surface area contributed by atoms with E-state index in [2.05, 4.69) is 31.3 Å². The third kappa shape index (κ3) is 5.24. The van der Waals surface area contributed by atoms with Crippen LogP contribution in [0.5, 0.6) is 0 Å². The van der Waals surface area contributed by atoms with Crippen LogP contribution in [0, 0.1) is 0 Å². The van der Waals surface area contributed by atoms with E-state index < -0.39 is 0 Å². The molecule has 3 rings (SSSR count). The summed E-state index contributed by atoms with van der Waals surface area (Å²) in [7, 11) is 0. The summed E-state index contributed by atoms with van der Waals surface area (Å²) in [5, 5.41) is 2.78. The van der Waals surface area contributed by atoms with E-state index in [0.717, 1.165) is 22.6 Å². The third-order valence-electron chi connectivity index (χ3n) is 4.70. The van der Waals surface area contributed by atoms with Crippen LogP contribution in [0.2, 0.25) is 0 Å². The minimum Gasteiger partial charge on any atom is -0.325 e. The molecule has 3 aromatic carbocycles. The number of carbonyl (C=O) groups is 1. The predicted molar refractivity (Wildman–Crippen MR) is 115 cm³/mol. The lowest BCUT2D eigenvalue weighted by molar-refractivity contribution is -0.115. The first-order valence-corrected chi connectivity index (χ1v) is 10.2. The highest BCUT2D eigenvalue weighted by Gasteiger charge is 2.22. The van der Waals surface area contributed by atoms with E-state index in [1.165, 1.54) is 5.56 Å². The molecule has 27 heavy (non-hydrogen) atoms. The Morgan fingerprint density at radius 2 is 1.44 bits per heavy atom. The van der Waals surface area contributed by atoms with Gasteiger partial charge in [-0.05, 0) is 47.7 Å². The maximum absolute atomic E-state index is 13.1. The van der Waals surface area contributed by atoms with E-state index in [1.807, 2.05) is 72.8 Å². The van der Waals surface area contributed by atoms with E-state index in [9.17, 15) is 4.79 Å². The molecule has 138 valence electrons. The molecule has 3 aromatic rings. The SMILES string of the molecule is CC[C@H](C)c1ccc(NC(=O)[C@H](Sc2ccccc2)c2ccccc2)cc1. The van der Waals surface area contributed by atoms with Crippen molar-refractivity contribution in [3.8, 4) is 0 Å². The normalized spacial score (nSPS) is 13.0. The maximum atomic E-state index is 13.1. The molecule has 0 heterocycles. The first-order chi connectivity index (χ1) is 13.2. The molecule has 0 saturated heterocycles. The molecule has 1 amide bonds. The first-order valence-electron chi connectivity index (χ1n) is 9.35. The minimum absolute atomic E-state index is 0.00802. The van der Waals surface area contributed by atoms with Gasteiger partial charge in [0.15, 0.2) is 0 Å². The number of benzene rings is 3. The van der Waals surface area contributed by atoms with Crippen LogP contribution in [0.25, 0.3) is 0 Å². The standard InChI is InChI=1S/C24H25NOS/c1-3-18(2)19-14-16-21(17-15-19)25-24(26)23(20-10-6-4-7-11-20)27-22-12-8-5-9-13-22/h4-18,23H,3H2,1-2H3,(H,25,26)/t18-,23+/m0/s1. The largest absolute Gasteiger partial charge is 0.325 e. The predicted octanol–water partition coefficient (Wildman–Crippen LogP) is 6.67. The Morgan fingerprint density at radius 1 is 0.852 bits per heavy atom. The van der Waals surface area contributed by atoms with Gasteiger partial charge in [0.1, 0.15) is 5.25 Å². The first kappa shape index (κ1) is 19.2.